The van der Waals surface area contributed by atoms with E-state index in [0.29, 0.717) is 23.3 Å². The van der Waals surface area contributed by atoms with Crippen LogP contribution in [-0.4, -0.2) is 83.9 Å². The molecule has 0 unspecified atom stereocenters. The Labute approximate surface area is 173 Å². The Hall–Kier alpha value is -2.15. The molecular weight excluding hydrogens is 366 g/mol. The zero-order valence-electron chi connectivity index (χ0n) is 17.5. The van der Waals surface area contributed by atoms with Crippen molar-refractivity contribution in [3.05, 3.63) is 23.9 Å². The van der Waals surface area contributed by atoms with E-state index in [9.17, 15) is 9.59 Å². The van der Waals surface area contributed by atoms with Gasteiger partial charge in [0.05, 0.1) is 5.92 Å². The number of nitrogens with zero attached hydrogens (tertiary/aromatic N) is 4. The van der Waals surface area contributed by atoms with Crippen molar-refractivity contribution in [2.75, 3.05) is 51.6 Å². The van der Waals surface area contributed by atoms with Crippen LogP contribution in [0, 0.1) is 5.92 Å². The van der Waals surface area contributed by atoms with E-state index in [1.165, 1.54) is 0 Å². The van der Waals surface area contributed by atoms with Crippen molar-refractivity contribution >= 4 is 17.6 Å². The van der Waals surface area contributed by atoms with Gasteiger partial charge in [-0.1, -0.05) is 0 Å². The second-order valence-corrected chi connectivity index (χ2v) is 8.57. The molecule has 4 rings (SSSR count). The molecule has 1 aromatic heterocycles. The average molecular weight is 400 g/mol. The van der Waals surface area contributed by atoms with Crippen molar-refractivity contribution in [1.29, 1.82) is 0 Å². The first-order chi connectivity index (χ1) is 14.2. The molecule has 0 spiro atoms. The van der Waals surface area contributed by atoms with E-state index in [4.69, 9.17) is 0 Å². The number of hydrogen-bond acceptors (Lipinski definition) is 5. The summed E-state index contributed by atoms with van der Waals surface area (Å²) in [6, 6.07) is 4.08. The van der Waals surface area contributed by atoms with Crippen LogP contribution in [0.4, 0.5) is 5.82 Å². The lowest BCUT2D eigenvalue weighted by molar-refractivity contribution is -0.136. The summed E-state index contributed by atoms with van der Waals surface area (Å²) in [4.78, 5) is 36.4. The summed E-state index contributed by atoms with van der Waals surface area (Å²) in [5.74, 6) is 1.34. The first-order valence-electron chi connectivity index (χ1n) is 11.1. The predicted molar refractivity (Wildman–Crippen MR) is 113 cm³/mol. The molecular formula is C22H33N5O2. The van der Waals surface area contributed by atoms with E-state index >= 15 is 0 Å². The van der Waals surface area contributed by atoms with Gasteiger partial charge >= 0.3 is 0 Å². The molecule has 0 aliphatic carbocycles. The van der Waals surface area contributed by atoms with Gasteiger partial charge in [0, 0.05) is 57.6 Å². The first-order valence-corrected chi connectivity index (χ1v) is 11.1. The van der Waals surface area contributed by atoms with Crippen LogP contribution in [-0.2, 0) is 4.79 Å². The summed E-state index contributed by atoms with van der Waals surface area (Å²) in [6.45, 7) is 5.42. The van der Waals surface area contributed by atoms with E-state index in [0.717, 1.165) is 77.8 Å². The van der Waals surface area contributed by atoms with Crippen molar-refractivity contribution in [3.63, 3.8) is 0 Å². The van der Waals surface area contributed by atoms with Crippen LogP contribution in [0.3, 0.4) is 0 Å². The lowest BCUT2D eigenvalue weighted by Crippen LogP contribution is -2.51. The average Bonchev–Trinajstić information content (AvgIpc) is 3.33. The van der Waals surface area contributed by atoms with Crippen molar-refractivity contribution in [2.45, 2.75) is 44.6 Å². The summed E-state index contributed by atoms with van der Waals surface area (Å²) in [6.07, 6.45) is 8.09. The van der Waals surface area contributed by atoms with E-state index in [-0.39, 0.29) is 11.8 Å². The van der Waals surface area contributed by atoms with E-state index in [1.807, 2.05) is 18.0 Å². The Balaban J connectivity index is 1.30. The molecule has 0 bridgehead atoms. The van der Waals surface area contributed by atoms with Crippen LogP contribution in [0.15, 0.2) is 18.3 Å². The van der Waals surface area contributed by atoms with Crippen LogP contribution < -0.4 is 5.32 Å². The van der Waals surface area contributed by atoms with E-state index in [2.05, 4.69) is 20.1 Å². The third kappa shape index (κ3) is 4.55. The van der Waals surface area contributed by atoms with Crippen molar-refractivity contribution in [1.82, 2.24) is 19.7 Å². The highest BCUT2D eigenvalue weighted by Gasteiger charge is 2.34. The molecule has 3 aliphatic heterocycles. The zero-order chi connectivity index (χ0) is 20.2. The molecule has 3 fully saturated rings. The Morgan fingerprint density at radius 2 is 1.76 bits per heavy atom. The van der Waals surface area contributed by atoms with E-state index < -0.39 is 0 Å². The lowest BCUT2D eigenvalue weighted by atomic mass is 9.92. The minimum absolute atomic E-state index is 0.0862. The summed E-state index contributed by atoms with van der Waals surface area (Å²) < 4.78 is 0. The van der Waals surface area contributed by atoms with Gasteiger partial charge in [0.2, 0.25) is 5.91 Å². The number of pyridine rings is 1. The number of carbonyl (C=O) groups is 2. The van der Waals surface area contributed by atoms with Gasteiger partial charge in [0.1, 0.15) is 5.82 Å². The lowest BCUT2D eigenvalue weighted by Gasteiger charge is -2.42. The predicted octanol–water partition coefficient (Wildman–Crippen LogP) is 2.06. The minimum Gasteiger partial charge on any atom is -0.373 e. The smallest absolute Gasteiger partial charge is 0.254 e. The molecule has 7 nitrogen and oxygen atoms in total. The van der Waals surface area contributed by atoms with Crippen LogP contribution >= 0.6 is 0 Å². The number of nitrogens with one attached hydrogen (secondary N) is 1. The second-order valence-electron chi connectivity index (χ2n) is 8.57. The molecule has 2 amide bonds. The van der Waals surface area contributed by atoms with E-state index in [1.54, 1.807) is 12.3 Å². The Morgan fingerprint density at radius 1 is 1.00 bits per heavy atom. The molecule has 3 saturated heterocycles. The highest BCUT2D eigenvalue weighted by molar-refractivity contribution is 5.94. The molecule has 1 atom stereocenters. The summed E-state index contributed by atoms with van der Waals surface area (Å²) in [7, 11) is 1.81. The SMILES string of the molecule is CNc1cc(C(=O)N2CCC(N3CCC[C@H](C(=O)N4CCCC4)C3)CC2)ccn1. The Bertz CT molecular complexity index is 726. The molecule has 29 heavy (non-hydrogen) atoms. The summed E-state index contributed by atoms with van der Waals surface area (Å²) in [5.41, 5.74) is 0.692. The summed E-state index contributed by atoms with van der Waals surface area (Å²) in [5, 5.41) is 2.99. The standard InChI is InChI=1S/C22H33N5O2/c1-23-20-15-17(6-9-24-20)21(28)26-13-7-19(8-14-26)27-12-4-5-18(16-27)22(29)25-10-2-3-11-25/h6,9,15,18-19H,2-5,7-8,10-14,16H2,1H3,(H,23,24)/t18-/m0/s1. The number of anilines is 1. The number of amides is 2. The topological polar surface area (TPSA) is 68.8 Å². The molecule has 0 saturated carbocycles. The maximum atomic E-state index is 12.8. The van der Waals surface area contributed by atoms with Crippen LogP contribution in [0.1, 0.15) is 48.9 Å². The highest BCUT2D eigenvalue weighted by atomic mass is 16.2. The molecule has 1 aromatic rings. The fourth-order valence-corrected chi connectivity index (χ4v) is 5.05. The molecule has 7 heteroatoms. The quantitative estimate of drug-likeness (QED) is 0.839. The zero-order valence-corrected chi connectivity index (χ0v) is 17.5. The fourth-order valence-electron chi connectivity index (χ4n) is 5.05. The minimum atomic E-state index is 0.0862. The fraction of sp³-hybridized carbons (Fsp3) is 0.682. The molecule has 0 radical (unpaired) electrons. The maximum Gasteiger partial charge on any atom is 0.254 e. The highest BCUT2D eigenvalue weighted by Crippen LogP contribution is 2.26. The van der Waals surface area contributed by atoms with Gasteiger partial charge in [-0.2, -0.15) is 0 Å². The number of hydrogen-bond donors (Lipinski definition) is 1. The normalized spacial score (nSPS) is 24.0. The second kappa shape index (κ2) is 9.11. The first kappa shape index (κ1) is 20.1. The van der Waals surface area contributed by atoms with Crippen molar-refractivity contribution < 1.29 is 9.59 Å². The monoisotopic (exact) mass is 399 g/mol. The van der Waals surface area contributed by atoms with Gasteiger partial charge in [-0.15, -0.1) is 0 Å². The van der Waals surface area contributed by atoms with Crippen LogP contribution in [0.5, 0.6) is 0 Å². The van der Waals surface area contributed by atoms with Gasteiger partial charge in [0.15, 0.2) is 0 Å². The van der Waals surface area contributed by atoms with Gasteiger partial charge in [-0.05, 0) is 57.2 Å². The van der Waals surface area contributed by atoms with Crippen molar-refractivity contribution in [3.8, 4) is 0 Å². The maximum absolute atomic E-state index is 12.8. The number of aromatic nitrogens is 1. The van der Waals surface area contributed by atoms with Gasteiger partial charge in [-0.25, -0.2) is 4.98 Å². The summed E-state index contributed by atoms with van der Waals surface area (Å²) >= 11 is 0. The van der Waals surface area contributed by atoms with Crippen LogP contribution in [0.2, 0.25) is 0 Å². The molecule has 0 aromatic carbocycles. The third-order valence-electron chi connectivity index (χ3n) is 6.75. The van der Waals surface area contributed by atoms with Crippen molar-refractivity contribution in [2.24, 2.45) is 5.92 Å². The number of carbonyl (C=O) groups excluding carboxylic acids is 2. The number of piperidine rings is 2. The Morgan fingerprint density at radius 3 is 2.48 bits per heavy atom. The molecule has 1 N–H and O–H groups in total. The van der Waals surface area contributed by atoms with Gasteiger partial charge in [-0.3, -0.25) is 14.5 Å². The Kier molecular flexibility index (Phi) is 6.33. The number of rotatable bonds is 4. The third-order valence-corrected chi connectivity index (χ3v) is 6.75. The molecule has 158 valence electrons. The molecule has 4 heterocycles. The largest absolute Gasteiger partial charge is 0.373 e. The van der Waals surface area contributed by atoms with Gasteiger partial charge < -0.3 is 15.1 Å². The number of likely N-dealkylation sites (tertiary alicyclic amines) is 3. The molecule has 3 aliphatic rings. The van der Waals surface area contributed by atoms with Gasteiger partial charge in [0.25, 0.3) is 5.91 Å². The van der Waals surface area contributed by atoms with Crippen LogP contribution in [0.25, 0.3) is 0 Å².